The fraction of sp³-hybridized carbons (Fsp3) is 0.111. The molecule has 0 spiro atoms. The number of allylic oxidation sites excluding steroid dienone is 1. The molecule has 0 aliphatic heterocycles. The van der Waals surface area contributed by atoms with E-state index in [1.54, 1.807) is 12.1 Å². The minimum absolute atomic E-state index is 0.173. The van der Waals surface area contributed by atoms with Crippen LogP contribution in [0.25, 0.3) is 6.08 Å². The highest BCUT2D eigenvalue weighted by Crippen LogP contribution is 2.37. The van der Waals surface area contributed by atoms with Gasteiger partial charge in [0, 0.05) is 11.5 Å². The zero-order valence-electron chi connectivity index (χ0n) is 14.8. The number of hydrogen-bond acceptors (Lipinski definition) is 6. The van der Waals surface area contributed by atoms with Gasteiger partial charge in [0.15, 0.2) is 0 Å². The Morgan fingerprint density at radius 1 is 1.31 bits per heavy atom. The van der Waals surface area contributed by atoms with Crippen molar-refractivity contribution in [2.24, 2.45) is 7.05 Å². The molecular weight excluding hydrogens is 578 g/mol. The Balaban J connectivity index is 1.68. The van der Waals surface area contributed by atoms with Crippen LogP contribution in [0.4, 0.5) is 5.69 Å². The standard InChI is InChI=1S/C18H12Br3N3O5/c1-23-8-15(24(26)27)17(22-23)16(25)5-4-11-2-3-12(29-11)9-28-18-13(20)6-10(19)7-14(18)21/h2-8H,9H2,1H3/b5-4+. The number of nitro groups is 1. The van der Waals surface area contributed by atoms with Gasteiger partial charge in [-0.2, -0.15) is 5.10 Å². The lowest BCUT2D eigenvalue weighted by molar-refractivity contribution is -0.385. The maximum atomic E-state index is 12.2. The molecule has 0 saturated heterocycles. The predicted molar refractivity (Wildman–Crippen MR) is 116 cm³/mol. The molecule has 0 fully saturated rings. The van der Waals surface area contributed by atoms with E-state index in [0.29, 0.717) is 17.3 Å². The van der Waals surface area contributed by atoms with E-state index < -0.39 is 10.7 Å². The predicted octanol–water partition coefficient (Wildman–Crippen LogP) is 5.68. The van der Waals surface area contributed by atoms with Gasteiger partial charge in [-0.1, -0.05) is 15.9 Å². The molecule has 1 aromatic carbocycles. The molecule has 2 heterocycles. The van der Waals surface area contributed by atoms with E-state index in [9.17, 15) is 14.9 Å². The van der Waals surface area contributed by atoms with Crippen LogP contribution in [0.1, 0.15) is 22.0 Å². The van der Waals surface area contributed by atoms with Crippen molar-refractivity contribution in [1.29, 1.82) is 0 Å². The van der Waals surface area contributed by atoms with E-state index in [1.807, 2.05) is 12.1 Å². The minimum Gasteiger partial charge on any atom is -0.483 e. The number of furan rings is 1. The van der Waals surface area contributed by atoms with Crippen molar-refractivity contribution >= 4 is 65.3 Å². The van der Waals surface area contributed by atoms with Crippen molar-refractivity contribution in [3.05, 3.63) is 77.3 Å². The second kappa shape index (κ2) is 9.06. The van der Waals surface area contributed by atoms with E-state index in [-0.39, 0.29) is 18.0 Å². The SMILES string of the molecule is Cn1cc([N+](=O)[O-])c(C(=O)/C=C/c2ccc(COc3c(Br)cc(Br)cc3Br)o2)n1. The maximum Gasteiger partial charge on any atom is 0.318 e. The summed E-state index contributed by atoms with van der Waals surface area (Å²) in [5.41, 5.74) is -0.574. The van der Waals surface area contributed by atoms with E-state index >= 15 is 0 Å². The second-order valence-electron chi connectivity index (χ2n) is 5.78. The first-order valence-corrected chi connectivity index (χ1v) is 10.4. The molecule has 0 unspecified atom stereocenters. The second-order valence-corrected chi connectivity index (χ2v) is 8.41. The lowest BCUT2D eigenvalue weighted by atomic mass is 10.2. The Labute approximate surface area is 190 Å². The first kappa shape index (κ1) is 21.5. The number of benzene rings is 1. The van der Waals surface area contributed by atoms with Crippen LogP contribution in [0.3, 0.4) is 0 Å². The molecule has 2 aromatic heterocycles. The van der Waals surface area contributed by atoms with Gasteiger partial charge in [-0.15, -0.1) is 0 Å². The number of aromatic nitrogens is 2. The Morgan fingerprint density at radius 2 is 2.00 bits per heavy atom. The van der Waals surface area contributed by atoms with Crippen molar-refractivity contribution in [3.8, 4) is 5.75 Å². The number of carbonyl (C=O) groups is 1. The summed E-state index contributed by atoms with van der Waals surface area (Å²) < 4.78 is 15.0. The summed E-state index contributed by atoms with van der Waals surface area (Å²) in [6.45, 7) is 0.173. The van der Waals surface area contributed by atoms with Crippen LogP contribution >= 0.6 is 47.8 Å². The van der Waals surface area contributed by atoms with Gasteiger partial charge in [-0.25, -0.2) is 0 Å². The molecule has 0 saturated carbocycles. The first-order chi connectivity index (χ1) is 13.7. The van der Waals surface area contributed by atoms with Crippen molar-refractivity contribution in [2.75, 3.05) is 0 Å². The van der Waals surface area contributed by atoms with Crippen LogP contribution in [0.15, 0.2) is 54.4 Å². The van der Waals surface area contributed by atoms with Gasteiger partial charge >= 0.3 is 5.69 Å². The quantitative estimate of drug-likeness (QED) is 0.152. The van der Waals surface area contributed by atoms with Crippen LogP contribution in [-0.4, -0.2) is 20.5 Å². The van der Waals surface area contributed by atoms with Crippen molar-refractivity contribution in [3.63, 3.8) is 0 Å². The van der Waals surface area contributed by atoms with Gasteiger partial charge in [-0.05, 0) is 68.3 Å². The van der Waals surface area contributed by atoms with Crippen LogP contribution in [0.5, 0.6) is 5.75 Å². The summed E-state index contributed by atoms with van der Waals surface area (Å²) in [6.07, 6.45) is 3.79. The number of halogens is 3. The molecular formula is C18H12Br3N3O5. The number of aryl methyl sites for hydroxylation is 1. The molecule has 3 rings (SSSR count). The Bertz CT molecular complexity index is 1100. The van der Waals surface area contributed by atoms with E-state index in [0.717, 1.165) is 13.4 Å². The van der Waals surface area contributed by atoms with Gasteiger partial charge in [0.25, 0.3) is 0 Å². The lowest BCUT2D eigenvalue weighted by Crippen LogP contribution is -2.00. The Morgan fingerprint density at radius 3 is 2.66 bits per heavy atom. The summed E-state index contributed by atoms with van der Waals surface area (Å²) in [6, 6.07) is 7.10. The van der Waals surface area contributed by atoms with E-state index in [4.69, 9.17) is 9.15 Å². The zero-order valence-corrected chi connectivity index (χ0v) is 19.5. The van der Waals surface area contributed by atoms with E-state index in [1.165, 1.54) is 30.1 Å². The number of rotatable bonds is 7. The number of nitrogens with zero attached hydrogens (tertiary/aromatic N) is 3. The average molecular weight is 590 g/mol. The molecule has 150 valence electrons. The minimum atomic E-state index is -0.644. The van der Waals surface area contributed by atoms with Gasteiger partial charge in [0.2, 0.25) is 11.5 Å². The molecule has 0 aliphatic rings. The van der Waals surface area contributed by atoms with Crippen molar-refractivity contribution in [1.82, 2.24) is 9.78 Å². The third-order valence-corrected chi connectivity index (χ3v) is 5.28. The fourth-order valence-electron chi connectivity index (χ4n) is 2.39. The maximum absolute atomic E-state index is 12.2. The number of ether oxygens (including phenoxy) is 1. The monoisotopic (exact) mass is 587 g/mol. The van der Waals surface area contributed by atoms with Crippen molar-refractivity contribution in [2.45, 2.75) is 6.61 Å². The lowest BCUT2D eigenvalue weighted by Gasteiger charge is -2.09. The Hall–Kier alpha value is -2.24. The summed E-state index contributed by atoms with van der Waals surface area (Å²) in [5, 5.41) is 14.9. The van der Waals surface area contributed by atoms with Gasteiger partial charge in [0.05, 0.1) is 13.9 Å². The molecule has 11 heteroatoms. The summed E-state index contributed by atoms with van der Waals surface area (Å²) >= 11 is 10.3. The average Bonchev–Trinajstić information content (AvgIpc) is 3.25. The van der Waals surface area contributed by atoms with Gasteiger partial charge in [-0.3, -0.25) is 19.6 Å². The molecule has 29 heavy (non-hydrogen) atoms. The van der Waals surface area contributed by atoms with Crippen LogP contribution in [-0.2, 0) is 13.7 Å². The topological polar surface area (TPSA) is 100 Å². The summed E-state index contributed by atoms with van der Waals surface area (Å²) in [7, 11) is 1.51. The molecule has 0 bridgehead atoms. The normalized spacial score (nSPS) is 11.2. The highest BCUT2D eigenvalue weighted by atomic mass is 79.9. The third kappa shape index (κ3) is 5.22. The fourth-order valence-corrected chi connectivity index (χ4v) is 4.88. The molecule has 3 aromatic rings. The third-order valence-electron chi connectivity index (χ3n) is 3.64. The molecule has 0 aliphatic carbocycles. The van der Waals surface area contributed by atoms with E-state index in [2.05, 4.69) is 52.9 Å². The highest BCUT2D eigenvalue weighted by Gasteiger charge is 2.23. The number of hydrogen-bond donors (Lipinski definition) is 0. The largest absolute Gasteiger partial charge is 0.483 e. The first-order valence-electron chi connectivity index (χ1n) is 8.01. The zero-order chi connectivity index (χ0) is 21.1. The van der Waals surface area contributed by atoms with Gasteiger partial charge < -0.3 is 9.15 Å². The number of ketones is 1. The molecule has 8 nitrogen and oxygen atoms in total. The molecule has 0 atom stereocenters. The molecule has 0 radical (unpaired) electrons. The molecule has 0 N–H and O–H groups in total. The summed E-state index contributed by atoms with van der Waals surface area (Å²) in [5.74, 6) is 0.987. The van der Waals surface area contributed by atoms with Gasteiger partial charge in [0.1, 0.15) is 30.1 Å². The highest BCUT2D eigenvalue weighted by molar-refractivity contribution is 9.11. The van der Waals surface area contributed by atoms with Crippen molar-refractivity contribution < 1.29 is 18.9 Å². The Kier molecular flexibility index (Phi) is 6.70. The number of carbonyl (C=O) groups excluding carboxylic acids is 1. The summed E-state index contributed by atoms with van der Waals surface area (Å²) in [4.78, 5) is 22.6. The van der Waals surface area contributed by atoms with Crippen LogP contribution in [0.2, 0.25) is 0 Å². The smallest absolute Gasteiger partial charge is 0.318 e. The molecule has 0 amide bonds. The van der Waals surface area contributed by atoms with Crippen LogP contribution in [0, 0.1) is 10.1 Å². The van der Waals surface area contributed by atoms with Crippen LogP contribution < -0.4 is 4.74 Å².